The number of aliphatic imine (C=N–C) groups is 1. The summed E-state index contributed by atoms with van der Waals surface area (Å²) in [7, 11) is 1.57. The summed E-state index contributed by atoms with van der Waals surface area (Å²) in [5.74, 6) is -1.87. The van der Waals surface area contributed by atoms with Gasteiger partial charge >= 0.3 is 0 Å². The van der Waals surface area contributed by atoms with E-state index in [2.05, 4.69) is 20.3 Å². The maximum absolute atomic E-state index is 14.9. The largest absolute Gasteiger partial charge is 0.476 e. The van der Waals surface area contributed by atoms with E-state index in [1.807, 2.05) is 6.92 Å². The predicted octanol–water partition coefficient (Wildman–Crippen LogP) is 3.87. The molecule has 0 radical (unpaired) electrons. The molecule has 0 saturated heterocycles. The first kappa shape index (κ1) is 24.3. The van der Waals surface area contributed by atoms with E-state index in [0.29, 0.717) is 31.4 Å². The lowest BCUT2D eigenvalue weighted by atomic mass is 9.83. The number of rotatable bonds is 8. The Kier molecular flexibility index (Phi) is 6.77. The Morgan fingerprint density at radius 3 is 2.68 bits per heavy atom. The number of benzene rings is 1. The number of hydrogen-bond donors (Lipinski definition) is 2. The highest BCUT2D eigenvalue weighted by molar-refractivity contribution is 8.15. The Hall–Kier alpha value is -2.79. The quantitative estimate of drug-likeness (QED) is 0.577. The SMILES string of the molecule is COC[C@@]1(C)C[C@@](C)(c2cc(NC(=O)c3cnc(OCC4CC4)cn3)cc(F)c2F)N=C(N)S1. The minimum absolute atomic E-state index is 0.0108. The molecule has 2 heterocycles. The van der Waals surface area contributed by atoms with Gasteiger partial charge in [-0.25, -0.2) is 18.7 Å². The van der Waals surface area contributed by atoms with E-state index >= 15 is 0 Å². The Morgan fingerprint density at radius 1 is 1.26 bits per heavy atom. The van der Waals surface area contributed by atoms with Crippen molar-refractivity contribution in [2.24, 2.45) is 16.6 Å². The molecule has 11 heteroatoms. The number of aromatic nitrogens is 2. The zero-order chi connectivity index (χ0) is 24.5. The minimum atomic E-state index is -1.16. The number of carbonyl (C=O) groups is 1. The molecule has 0 spiro atoms. The number of carbonyl (C=O) groups excluding carboxylic acids is 1. The molecular weight excluding hydrogens is 464 g/mol. The molecule has 0 unspecified atom stereocenters. The molecular formula is C23H27F2N5O3S. The van der Waals surface area contributed by atoms with E-state index in [1.54, 1.807) is 14.0 Å². The molecule has 1 aromatic carbocycles. The second-order valence-electron chi connectivity index (χ2n) is 9.15. The first-order valence-electron chi connectivity index (χ1n) is 10.9. The third-order valence-corrected chi connectivity index (χ3v) is 6.82. The lowest BCUT2D eigenvalue weighted by molar-refractivity contribution is 0.102. The average Bonchev–Trinajstić information content (AvgIpc) is 3.58. The number of thioether (sulfide) groups is 1. The molecule has 3 N–H and O–H groups in total. The lowest BCUT2D eigenvalue weighted by Crippen LogP contribution is -2.43. The van der Waals surface area contributed by atoms with Crippen LogP contribution in [0.4, 0.5) is 14.5 Å². The second kappa shape index (κ2) is 9.46. The maximum atomic E-state index is 14.9. The Morgan fingerprint density at radius 2 is 2.03 bits per heavy atom. The standard InChI is InChI=1S/C23H27F2N5O3S/c1-22(12-32-3)11-23(2,30-21(26)34-22)15-6-14(7-16(24)19(15)25)29-20(31)17-8-28-18(9-27-17)33-10-13-4-5-13/h6-9,13H,4-5,10-12H2,1-3H3,(H2,26,30)(H,29,31)/t22-,23+/m1/s1. The molecule has 34 heavy (non-hydrogen) atoms. The fourth-order valence-corrected chi connectivity index (χ4v) is 5.39. The monoisotopic (exact) mass is 491 g/mol. The summed E-state index contributed by atoms with van der Waals surface area (Å²) in [4.78, 5) is 25.3. The van der Waals surface area contributed by atoms with E-state index in [9.17, 15) is 13.6 Å². The fourth-order valence-electron chi connectivity index (χ4n) is 4.11. The molecule has 1 aliphatic carbocycles. The maximum Gasteiger partial charge on any atom is 0.275 e. The molecule has 1 saturated carbocycles. The Bertz CT molecular complexity index is 1110. The van der Waals surface area contributed by atoms with E-state index in [0.717, 1.165) is 18.9 Å². The number of hydrogen-bond acceptors (Lipinski definition) is 8. The second-order valence-corrected chi connectivity index (χ2v) is 10.8. The van der Waals surface area contributed by atoms with Crippen molar-refractivity contribution in [3.05, 3.63) is 47.4 Å². The van der Waals surface area contributed by atoms with Gasteiger partial charge in [-0.05, 0) is 45.1 Å². The van der Waals surface area contributed by atoms with Crippen LogP contribution in [0, 0.1) is 17.6 Å². The summed E-state index contributed by atoms with van der Waals surface area (Å²) in [6.45, 7) is 4.54. The van der Waals surface area contributed by atoms with Crippen LogP contribution in [-0.2, 0) is 10.3 Å². The smallest absolute Gasteiger partial charge is 0.275 e. The number of ether oxygens (including phenoxy) is 2. The minimum Gasteiger partial charge on any atom is -0.476 e. The van der Waals surface area contributed by atoms with Crippen LogP contribution >= 0.6 is 11.8 Å². The molecule has 1 amide bonds. The molecule has 8 nitrogen and oxygen atoms in total. The van der Waals surface area contributed by atoms with Crippen LogP contribution in [0.25, 0.3) is 0 Å². The highest BCUT2D eigenvalue weighted by atomic mass is 32.2. The Labute approximate surface area is 200 Å². The zero-order valence-corrected chi connectivity index (χ0v) is 20.0. The van der Waals surface area contributed by atoms with Gasteiger partial charge in [-0.3, -0.25) is 9.79 Å². The van der Waals surface area contributed by atoms with Crippen molar-refractivity contribution in [2.75, 3.05) is 25.6 Å². The molecule has 1 fully saturated rings. The van der Waals surface area contributed by atoms with Crippen molar-refractivity contribution < 1.29 is 23.0 Å². The van der Waals surface area contributed by atoms with Gasteiger partial charge < -0.3 is 20.5 Å². The number of nitrogens with one attached hydrogen (secondary N) is 1. The number of nitrogens with two attached hydrogens (primary N) is 1. The van der Waals surface area contributed by atoms with Crippen molar-refractivity contribution in [1.29, 1.82) is 0 Å². The van der Waals surface area contributed by atoms with Crippen LogP contribution in [0.15, 0.2) is 29.5 Å². The van der Waals surface area contributed by atoms with Crippen LogP contribution in [0.5, 0.6) is 5.88 Å². The molecule has 182 valence electrons. The summed E-state index contributed by atoms with van der Waals surface area (Å²) < 4.78 is 39.9. The van der Waals surface area contributed by atoms with Gasteiger partial charge in [-0.2, -0.15) is 0 Å². The molecule has 2 aliphatic rings. The first-order valence-corrected chi connectivity index (χ1v) is 11.7. The molecule has 1 aliphatic heterocycles. The van der Waals surface area contributed by atoms with E-state index < -0.39 is 27.8 Å². The summed E-state index contributed by atoms with van der Waals surface area (Å²) >= 11 is 1.33. The van der Waals surface area contributed by atoms with Crippen molar-refractivity contribution in [3.8, 4) is 5.88 Å². The van der Waals surface area contributed by atoms with E-state index in [-0.39, 0.29) is 22.1 Å². The van der Waals surface area contributed by atoms with Crippen molar-refractivity contribution in [2.45, 2.75) is 43.4 Å². The third-order valence-electron chi connectivity index (χ3n) is 5.77. The summed E-state index contributed by atoms with van der Waals surface area (Å²) in [5.41, 5.74) is 4.95. The highest BCUT2D eigenvalue weighted by Crippen LogP contribution is 2.46. The predicted molar refractivity (Wildman–Crippen MR) is 126 cm³/mol. The van der Waals surface area contributed by atoms with Gasteiger partial charge in [0, 0.05) is 29.2 Å². The zero-order valence-electron chi connectivity index (χ0n) is 19.2. The van der Waals surface area contributed by atoms with E-state index in [4.69, 9.17) is 15.2 Å². The van der Waals surface area contributed by atoms with Gasteiger partial charge in [0.15, 0.2) is 16.8 Å². The summed E-state index contributed by atoms with van der Waals surface area (Å²) in [5, 5.41) is 2.81. The van der Waals surface area contributed by atoms with Gasteiger partial charge in [0.1, 0.15) is 5.69 Å². The van der Waals surface area contributed by atoms with Gasteiger partial charge in [0.05, 0.1) is 31.1 Å². The highest BCUT2D eigenvalue weighted by Gasteiger charge is 2.44. The topological polar surface area (TPSA) is 112 Å². The van der Waals surface area contributed by atoms with Crippen LogP contribution in [0.3, 0.4) is 0 Å². The number of methoxy groups -OCH3 is 1. The van der Waals surface area contributed by atoms with Crippen molar-refractivity contribution in [3.63, 3.8) is 0 Å². The van der Waals surface area contributed by atoms with Crippen molar-refractivity contribution >= 4 is 28.5 Å². The van der Waals surface area contributed by atoms with Gasteiger partial charge in [-0.15, -0.1) is 0 Å². The molecule has 2 atom stereocenters. The van der Waals surface area contributed by atoms with Gasteiger partial charge in [0.25, 0.3) is 5.91 Å². The number of amidine groups is 1. The molecule has 4 rings (SSSR count). The molecule has 2 aromatic rings. The number of halogens is 2. The Balaban J connectivity index is 1.55. The molecule has 1 aromatic heterocycles. The molecule has 0 bridgehead atoms. The number of anilines is 1. The van der Waals surface area contributed by atoms with E-state index in [1.165, 1.54) is 30.2 Å². The van der Waals surface area contributed by atoms with Gasteiger partial charge in [-0.1, -0.05) is 11.8 Å². The van der Waals surface area contributed by atoms with Gasteiger partial charge in [0.2, 0.25) is 5.88 Å². The lowest BCUT2D eigenvalue weighted by Gasteiger charge is -2.41. The van der Waals surface area contributed by atoms with Crippen LogP contribution in [-0.4, -0.2) is 46.1 Å². The summed E-state index contributed by atoms with van der Waals surface area (Å²) in [6.07, 6.45) is 5.28. The normalized spacial score (nSPS) is 24.4. The first-order chi connectivity index (χ1) is 16.1. The summed E-state index contributed by atoms with van der Waals surface area (Å²) in [6, 6.07) is 2.29. The number of nitrogens with zero attached hydrogens (tertiary/aromatic N) is 3. The number of amides is 1. The van der Waals surface area contributed by atoms with Crippen LogP contribution < -0.4 is 15.8 Å². The van der Waals surface area contributed by atoms with Crippen molar-refractivity contribution in [1.82, 2.24) is 9.97 Å². The average molecular weight is 492 g/mol. The third kappa shape index (κ3) is 5.47. The van der Waals surface area contributed by atoms with Crippen LogP contribution in [0.2, 0.25) is 0 Å². The fraction of sp³-hybridized carbons (Fsp3) is 0.478. The van der Waals surface area contributed by atoms with Crippen LogP contribution in [0.1, 0.15) is 49.2 Å².